The van der Waals surface area contributed by atoms with E-state index in [4.69, 9.17) is 4.74 Å². The van der Waals surface area contributed by atoms with Gasteiger partial charge in [0.25, 0.3) is 0 Å². The normalized spacial score (nSPS) is 12.8. The zero-order chi connectivity index (χ0) is 15.7. The monoisotopic (exact) mass is 296 g/mol. The van der Waals surface area contributed by atoms with Crippen LogP contribution in [0.15, 0.2) is 24.5 Å². The van der Waals surface area contributed by atoms with E-state index >= 15 is 0 Å². The van der Waals surface area contributed by atoms with Crippen molar-refractivity contribution >= 4 is 12.0 Å². The zero-order valence-corrected chi connectivity index (χ0v) is 12.3. The quantitative estimate of drug-likeness (QED) is 0.711. The van der Waals surface area contributed by atoms with Crippen LogP contribution in [-0.2, 0) is 9.53 Å². The number of aliphatic hydroxyl groups excluding tert-OH is 1. The predicted octanol–water partition coefficient (Wildman–Crippen LogP) is 1.38. The third kappa shape index (κ3) is 8.16. The van der Waals surface area contributed by atoms with Gasteiger partial charge in [-0.3, -0.25) is 9.78 Å². The Kier molecular flexibility index (Phi) is 7.56. The van der Waals surface area contributed by atoms with Crippen LogP contribution in [0.4, 0.5) is 4.39 Å². The molecule has 21 heavy (non-hydrogen) atoms. The molecule has 0 aliphatic carbocycles. The van der Waals surface area contributed by atoms with E-state index < -0.39 is 11.9 Å². The molecule has 0 radical (unpaired) electrons. The third-order valence-corrected chi connectivity index (χ3v) is 2.43. The summed E-state index contributed by atoms with van der Waals surface area (Å²) in [5.74, 6) is -0.438. The molecule has 1 amide bonds. The van der Waals surface area contributed by atoms with E-state index in [9.17, 15) is 14.3 Å². The van der Waals surface area contributed by atoms with Crippen molar-refractivity contribution in [2.45, 2.75) is 20.0 Å². The highest BCUT2D eigenvalue weighted by Crippen LogP contribution is 2.02. The summed E-state index contributed by atoms with van der Waals surface area (Å²) in [7, 11) is 0. The lowest BCUT2D eigenvalue weighted by Crippen LogP contribution is -2.33. The second kappa shape index (κ2) is 9.20. The van der Waals surface area contributed by atoms with Gasteiger partial charge in [0.2, 0.25) is 5.91 Å². The van der Waals surface area contributed by atoms with Gasteiger partial charge in [-0.25, -0.2) is 4.39 Å². The number of halogens is 1. The smallest absolute Gasteiger partial charge is 0.244 e. The van der Waals surface area contributed by atoms with Crippen molar-refractivity contribution in [2.24, 2.45) is 5.92 Å². The van der Waals surface area contributed by atoms with E-state index in [1.807, 2.05) is 13.8 Å². The number of ether oxygens (including phenoxy) is 1. The van der Waals surface area contributed by atoms with Crippen molar-refractivity contribution in [3.05, 3.63) is 35.9 Å². The third-order valence-electron chi connectivity index (χ3n) is 2.43. The summed E-state index contributed by atoms with van der Waals surface area (Å²) in [6, 6.07) is 1.27. The average Bonchev–Trinajstić information content (AvgIpc) is 2.42. The molecule has 0 aromatic carbocycles. The van der Waals surface area contributed by atoms with E-state index in [1.54, 1.807) is 0 Å². The van der Waals surface area contributed by atoms with Crippen molar-refractivity contribution in [1.82, 2.24) is 10.3 Å². The van der Waals surface area contributed by atoms with Crippen LogP contribution in [0, 0.1) is 11.7 Å². The highest BCUT2D eigenvalue weighted by atomic mass is 19.1. The van der Waals surface area contributed by atoms with Crippen LogP contribution in [-0.4, -0.2) is 41.9 Å². The molecule has 0 spiro atoms. The van der Waals surface area contributed by atoms with Crippen molar-refractivity contribution in [3.63, 3.8) is 0 Å². The number of rotatable bonds is 8. The molecule has 0 saturated heterocycles. The lowest BCUT2D eigenvalue weighted by atomic mass is 10.2. The maximum absolute atomic E-state index is 12.9. The Morgan fingerprint density at radius 3 is 2.90 bits per heavy atom. The molecule has 1 aromatic rings. The van der Waals surface area contributed by atoms with E-state index in [0.717, 1.165) is 6.20 Å². The van der Waals surface area contributed by atoms with Gasteiger partial charge in [-0.2, -0.15) is 0 Å². The number of amides is 1. The molecular formula is C15H21FN2O3. The largest absolute Gasteiger partial charge is 0.389 e. The molecule has 2 N–H and O–H groups in total. The van der Waals surface area contributed by atoms with Gasteiger partial charge in [-0.1, -0.05) is 13.8 Å². The number of aliphatic hydroxyl groups is 1. The van der Waals surface area contributed by atoms with E-state index in [-0.39, 0.29) is 19.1 Å². The standard InChI is InChI=1S/C15H21FN2O3/c1-11(2)9-21-10-14(19)8-18-15(20)4-3-12-5-13(16)7-17-6-12/h3-7,11,14,19H,8-10H2,1-2H3,(H,18,20)/b4-3+. The fraction of sp³-hybridized carbons (Fsp3) is 0.467. The van der Waals surface area contributed by atoms with Gasteiger partial charge >= 0.3 is 0 Å². The molecule has 5 nitrogen and oxygen atoms in total. The molecule has 0 aliphatic heterocycles. The van der Waals surface area contributed by atoms with Crippen LogP contribution in [0.5, 0.6) is 0 Å². The summed E-state index contributed by atoms with van der Waals surface area (Å²) < 4.78 is 18.1. The van der Waals surface area contributed by atoms with Crippen LogP contribution in [0.25, 0.3) is 6.08 Å². The SMILES string of the molecule is CC(C)COCC(O)CNC(=O)/C=C/c1cncc(F)c1. The number of pyridine rings is 1. The molecule has 0 fully saturated rings. The summed E-state index contributed by atoms with van der Waals surface area (Å²) >= 11 is 0. The Hall–Kier alpha value is -1.79. The first kappa shape index (κ1) is 17.3. The van der Waals surface area contributed by atoms with Crippen molar-refractivity contribution < 1.29 is 19.0 Å². The number of nitrogens with zero attached hydrogens (tertiary/aromatic N) is 1. The van der Waals surface area contributed by atoms with E-state index in [1.165, 1.54) is 24.4 Å². The number of carbonyl (C=O) groups is 1. The van der Waals surface area contributed by atoms with Crippen LogP contribution in [0.3, 0.4) is 0 Å². The van der Waals surface area contributed by atoms with Crippen molar-refractivity contribution in [3.8, 4) is 0 Å². The molecule has 0 bridgehead atoms. The number of aromatic nitrogens is 1. The van der Waals surface area contributed by atoms with Crippen LogP contribution < -0.4 is 5.32 Å². The maximum atomic E-state index is 12.9. The van der Waals surface area contributed by atoms with E-state index in [0.29, 0.717) is 18.1 Å². The molecule has 1 atom stereocenters. The summed E-state index contributed by atoms with van der Waals surface area (Å²) in [4.78, 5) is 15.2. The van der Waals surface area contributed by atoms with Crippen LogP contribution in [0.1, 0.15) is 19.4 Å². The van der Waals surface area contributed by atoms with E-state index in [2.05, 4.69) is 10.3 Å². The average molecular weight is 296 g/mol. The lowest BCUT2D eigenvalue weighted by Gasteiger charge is -2.12. The Bertz CT molecular complexity index is 478. The highest BCUT2D eigenvalue weighted by Gasteiger charge is 2.06. The molecule has 1 rings (SSSR count). The predicted molar refractivity (Wildman–Crippen MR) is 77.9 cm³/mol. The number of nitrogens with one attached hydrogen (secondary N) is 1. The Morgan fingerprint density at radius 1 is 1.48 bits per heavy atom. The van der Waals surface area contributed by atoms with Crippen molar-refractivity contribution in [2.75, 3.05) is 19.8 Å². The number of carbonyl (C=O) groups excluding carboxylic acids is 1. The minimum Gasteiger partial charge on any atom is -0.389 e. The van der Waals surface area contributed by atoms with Gasteiger partial charge in [-0.15, -0.1) is 0 Å². The molecule has 0 aliphatic rings. The second-order valence-corrected chi connectivity index (χ2v) is 5.10. The fourth-order valence-corrected chi connectivity index (χ4v) is 1.47. The first-order valence-corrected chi connectivity index (χ1v) is 6.79. The maximum Gasteiger partial charge on any atom is 0.244 e. The molecular weight excluding hydrogens is 275 g/mol. The second-order valence-electron chi connectivity index (χ2n) is 5.10. The van der Waals surface area contributed by atoms with Crippen LogP contribution >= 0.6 is 0 Å². The van der Waals surface area contributed by atoms with Crippen molar-refractivity contribution in [1.29, 1.82) is 0 Å². The minimum atomic E-state index is -0.753. The van der Waals surface area contributed by atoms with Gasteiger partial charge in [0.1, 0.15) is 5.82 Å². The topological polar surface area (TPSA) is 71.5 Å². The molecule has 1 unspecified atom stereocenters. The molecule has 1 aromatic heterocycles. The van der Waals surface area contributed by atoms with Gasteiger partial charge in [-0.05, 0) is 23.6 Å². The zero-order valence-electron chi connectivity index (χ0n) is 12.3. The Morgan fingerprint density at radius 2 is 2.24 bits per heavy atom. The number of hydrogen-bond acceptors (Lipinski definition) is 4. The van der Waals surface area contributed by atoms with Gasteiger partial charge in [0.15, 0.2) is 0 Å². The molecule has 0 saturated carbocycles. The number of hydrogen-bond donors (Lipinski definition) is 2. The summed E-state index contributed by atoms with van der Waals surface area (Å²) in [5.41, 5.74) is 0.492. The highest BCUT2D eigenvalue weighted by molar-refractivity contribution is 5.91. The van der Waals surface area contributed by atoms with Crippen LogP contribution in [0.2, 0.25) is 0 Å². The lowest BCUT2D eigenvalue weighted by molar-refractivity contribution is -0.117. The molecule has 116 valence electrons. The summed E-state index contributed by atoms with van der Waals surface area (Å²) in [5, 5.41) is 12.1. The summed E-state index contributed by atoms with van der Waals surface area (Å²) in [6.45, 7) is 4.87. The Labute approximate surface area is 123 Å². The van der Waals surface area contributed by atoms with Gasteiger partial charge in [0.05, 0.1) is 18.9 Å². The van der Waals surface area contributed by atoms with Gasteiger partial charge in [0, 0.05) is 25.4 Å². The minimum absolute atomic E-state index is 0.0999. The molecule has 1 heterocycles. The van der Waals surface area contributed by atoms with Gasteiger partial charge < -0.3 is 15.2 Å². The first-order valence-electron chi connectivity index (χ1n) is 6.79. The fourth-order valence-electron chi connectivity index (χ4n) is 1.47. The first-order chi connectivity index (χ1) is 9.97. The molecule has 6 heteroatoms. The summed E-state index contributed by atoms with van der Waals surface area (Å²) in [6.07, 6.45) is 4.49. The Balaban J connectivity index is 2.27.